The number of rotatable bonds is 7. The van der Waals surface area contributed by atoms with Crippen LogP contribution in [0.5, 0.6) is 0 Å². The summed E-state index contributed by atoms with van der Waals surface area (Å²) in [7, 11) is 0.189. The van der Waals surface area contributed by atoms with Crippen LogP contribution in [0.3, 0.4) is 0 Å². The van der Waals surface area contributed by atoms with Crippen molar-refractivity contribution in [2.24, 2.45) is 0 Å². The summed E-state index contributed by atoms with van der Waals surface area (Å²) in [5.74, 6) is 0.111. The fourth-order valence-electron chi connectivity index (χ4n) is 2.08. The molecular formula is C15H19FN2O3S. The molecule has 0 spiro atoms. The summed E-state index contributed by atoms with van der Waals surface area (Å²) in [5.41, 5.74) is 0.535. The van der Waals surface area contributed by atoms with E-state index in [0.717, 1.165) is 0 Å². The number of nitrogens with zero attached hydrogens (tertiary/aromatic N) is 1. The third kappa shape index (κ3) is 4.66. The summed E-state index contributed by atoms with van der Waals surface area (Å²) >= 11 is 0. The van der Waals surface area contributed by atoms with Crippen LogP contribution in [0.15, 0.2) is 47.1 Å². The standard InChI is InChI=1S/C15H19FN2O3S/c1-18(2)14(15-4-3-9-21-15)10-17-22(19,20)11-12-5-7-13(16)8-6-12/h3-9,14,17H,10-11H2,1-2H3/t14-/m1/s1. The largest absolute Gasteiger partial charge is 0.468 e. The van der Waals surface area contributed by atoms with Crippen molar-refractivity contribution in [2.45, 2.75) is 11.8 Å². The Kier molecular flexibility index (Phi) is 5.33. The van der Waals surface area contributed by atoms with Crippen LogP contribution in [0.2, 0.25) is 0 Å². The highest BCUT2D eigenvalue weighted by atomic mass is 32.2. The molecule has 0 unspecified atom stereocenters. The lowest BCUT2D eigenvalue weighted by atomic mass is 10.2. The average molecular weight is 326 g/mol. The lowest BCUT2D eigenvalue weighted by Gasteiger charge is -2.22. The van der Waals surface area contributed by atoms with Gasteiger partial charge in [0.1, 0.15) is 11.6 Å². The first kappa shape index (κ1) is 16.7. The third-order valence-electron chi connectivity index (χ3n) is 3.26. The van der Waals surface area contributed by atoms with Crippen molar-refractivity contribution >= 4 is 10.0 Å². The van der Waals surface area contributed by atoms with E-state index in [9.17, 15) is 12.8 Å². The molecule has 0 aliphatic heterocycles. The molecule has 2 rings (SSSR count). The number of sulfonamides is 1. The number of hydrogen-bond acceptors (Lipinski definition) is 4. The van der Waals surface area contributed by atoms with Gasteiger partial charge in [-0.15, -0.1) is 0 Å². The van der Waals surface area contributed by atoms with Gasteiger partial charge in [0.2, 0.25) is 10.0 Å². The second-order valence-corrected chi connectivity index (χ2v) is 7.04. The van der Waals surface area contributed by atoms with E-state index in [1.807, 2.05) is 19.0 Å². The van der Waals surface area contributed by atoms with Crippen LogP contribution in [0.4, 0.5) is 4.39 Å². The van der Waals surface area contributed by atoms with Crippen LogP contribution in [0, 0.1) is 5.82 Å². The van der Waals surface area contributed by atoms with Crippen LogP contribution in [0.1, 0.15) is 17.4 Å². The van der Waals surface area contributed by atoms with Crippen molar-refractivity contribution in [1.29, 1.82) is 0 Å². The van der Waals surface area contributed by atoms with Gasteiger partial charge in [-0.05, 0) is 43.9 Å². The fraction of sp³-hybridized carbons (Fsp3) is 0.333. The maximum absolute atomic E-state index is 12.8. The summed E-state index contributed by atoms with van der Waals surface area (Å²) in [6.07, 6.45) is 1.55. The zero-order valence-electron chi connectivity index (χ0n) is 12.5. The molecule has 1 N–H and O–H groups in total. The van der Waals surface area contributed by atoms with E-state index in [4.69, 9.17) is 4.42 Å². The highest BCUT2D eigenvalue weighted by molar-refractivity contribution is 7.88. The molecule has 2 aromatic rings. The predicted molar refractivity (Wildman–Crippen MR) is 82.2 cm³/mol. The first-order valence-electron chi connectivity index (χ1n) is 6.79. The minimum atomic E-state index is -3.51. The molecule has 0 radical (unpaired) electrons. The Balaban J connectivity index is 2.00. The number of hydrogen-bond donors (Lipinski definition) is 1. The minimum absolute atomic E-state index is 0.189. The molecular weight excluding hydrogens is 307 g/mol. The van der Waals surface area contributed by atoms with Crippen LogP contribution in [-0.4, -0.2) is 34.0 Å². The van der Waals surface area contributed by atoms with Crippen LogP contribution >= 0.6 is 0 Å². The van der Waals surface area contributed by atoms with E-state index in [0.29, 0.717) is 11.3 Å². The highest BCUT2D eigenvalue weighted by Crippen LogP contribution is 2.18. The third-order valence-corrected chi connectivity index (χ3v) is 4.58. The van der Waals surface area contributed by atoms with Gasteiger partial charge in [-0.3, -0.25) is 4.90 Å². The van der Waals surface area contributed by atoms with E-state index in [1.54, 1.807) is 18.4 Å². The first-order chi connectivity index (χ1) is 10.4. The van der Waals surface area contributed by atoms with Gasteiger partial charge in [0.25, 0.3) is 0 Å². The minimum Gasteiger partial charge on any atom is -0.468 e. The molecule has 5 nitrogen and oxygen atoms in total. The summed E-state index contributed by atoms with van der Waals surface area (Å²) in [6, 6.07) is 8.79. The molecule has 7 heteroatoms. The molecule has 22 heavy (non-hydrogen) atoms. The van der Waals surface area contributed by atoms with Crippen LogP contribution < -0.4 is 4.72 Å². The summed E-state index contributed by atoms with van der Waals surface area (Å²) < 4.78 is 45.0. The van der Waals surface area contributed by atoms with Crippen molar-refractivity contribution in [1.82, 2.24) is 9.62 Å². The fourth-order valence-corrected chi connectivity index (χ4v) is 3.22. The maximum Gasteiger partial charge on any atom is 0.215 e. The Hall–Kier alpha value is -1.70. The van der Waals surface area contributed by atoms with E-state index in [1.165, 1.54) is 24.3 Å². The molecule has 0 saturated heterocycles. The van der Waals surface area contributed by atoms with Gasteiger partial charge in [0.15, 0.2) is 0 Å². The zero-order valence-corrected chi connectivity index (χ0v) is 13.3. The van der Waals surface area contributed by atoms with E-state index >= 15 is 0 Å². The van der Waals surface area contributed by atoms with Crippen molar-refractivity contribution < 1.29 is 17.2 Å². The highest BCUT2D eigenvalue weighted by Gasteiger charge is 2.20. The van der Waals surface area contributed by atoms with Crippen LogP contribution in [0.25, 0.3) is 0 Å². The van der Waals surface area contributed by atoms with Gasteiger partial charge >= 0.3 is 0 Å². The molecule has 0 aliphatic rings. The van der Waals surface area contributed by atoms with Gasteiger partial charge in [-0.1, -0.05) is 12.1 Å². The molecule has 0 bridgehead atoms. The molecule has 1 heterocycles. The normalized spacial score (nSPS) is 13.5. The smallest absolute Gasteiger partial charge is 0.215 e. The molecule has 1 aromatic carbocycles. The summed E-state index contributed by atoms with van der Waals surface area (Å²) in [6.45, 7) is 0.198. The maximum atomic E-state index is 12.8. The number of benzene rings is 1. The molecule has 0 saturated carbocycles. The van der Waals surface area contributed by atoms with Crippen molar-refractivity contribution in [2.75, 3.05) is 20.6 Å². The van der Waals surface area contributed by atoms with E-state index in [-0.39, 0.29) is 24.2 Å². The number of halogens is 1. The SMILES string of the molecule is CN(C)[C@H](CNS(=O)(=O)Cc1ccc(F)cc1)c1ccco1. The number of likely N-dealkylation sites (N-methyl/N-ethyl adjacent to an activating group) is 1. The molecule has 0 aliphatic carbocycles. The lowest BCUT2D eigenvalue weighted by Crippen LogP contribution is -2.35. The quantitative estimate of drug-likeness (QED) is 0.847. The Morgan fingerprint density at radius 2 is 1.91 bits per heavy atom. The number of furan rings is 1. The molecule has 0 fully saturated rings. The summed E-state index contributed by atoms with van der Waals surface area (Å²) in [4.78, 5) is 1.87. The van der Waals surface area contributed by atoms with Gasteiger partial charge in [0, 0.05) is 6.54 Å². The Morgan fingerprint density at radius 1 is 1.23 bits per heavy atom. The lowest BCUT2D eigenvalue weighted by molar-refractivity contribution is 0.259. The second kappa shape index (κ2) is 7.04. The van der Waals surface area contributed by atoms with Gasteiger partial charge < -0.3 is 4.42 Å². The van der Waals surface area contributed by atoms with Gasteiger partial charge in [0.05, 0.1) is 18.1 Å². The molecule has 0 amide bonds. The zero-order chi connectivity index (χ0) is 16.2. The predicted octanol–water partition coefficient (Wildman–Crippen LogP) is 2.14. The average Bonchev–Trinajstić information content (AvgIpc) is 2.95. The van der Waals surface area contributed by atoms with Gasteiger partial charge in [-0.25, -0.2) is 17.5 Å². The van der Waals surface area contributed by atoms with Crippen LogP contribution in [-0.2, 0) is 15.8 Å². The van der Waals surface area contributed by atoms with Crippen molar-refractivity contribution in [3.63, 3.8) is 0 Å². The number of nitrogens with one attached hydrogen (secondary N) is 1. The summed E-state index contributed by atoms with van der Waals surface area (Å²) in [5, 5.41) is 0. The van der Waals surface area contributed by atoms with Gasteiger partial charge in [-0.2, -0.15) is 0 Å². The molecule has 1 atom stereocenters. The van der Waals surface area contributed by atoms with E-state index < -0.39 is 10.0 Å². The topological polar surface area (TPSA) is 62.6 Å². The molecule has 1 aromatic heterocycles. The Bertz CT molecular complexity index is 682. The monoisotopic (exact) mass is 326 g/mol. The Morgan fingerprint density at radius 3 is 2.45 bits per heavy atom. The molecule has 120 valence electrons. The van der Waals surface area contributed by atoms with E-state index in [2.05, 4.69) is 4.72 Å². The first-order valence-corrected chi connectivity index (χ1v) is 8.44. The second-order valence-electron chi connectivity index (χ2n) is 5.23. The van der Waals surface area contributed by atoms with Crippen molar-refractivity contribution in [3.8, 4) is 0 Å². The van der Waals surface area contributed by atoms with Crippen molar-refractivity contribution in [3.05, 3.63) is 59.8 Å². The Labute approximate surface area is 129 Å².